The highest BCUT2D eigenvalue weighted by molar-refractivity contribution is 7.80. The highest BCUT2D eigenvalue weighted by Crippen LogP contribution is 2.48. The Morgan fingerprint density at radius 1 is 0.578 bits per heavy atom. The van der Waals surface area contributed by atoms with E-state index in [1.54, 1.807) is 0 Å². The maximum atomic E-state index is 13.0. The molecule has 19 nitrogen and oxygen atoms in total. The van der Waals surface area contributed by atoms with Crippen LogP contribution in [0.5, 0.6) is 0 Å². The predicted octanol–water partition coefficient (Wildman–Crippen LogP) is -5.55. The van der Waals surface area contributed by atoms with E-state index in [1.807, 2.05) is 0 Å². The van der Waals surface area contributed by atoms with Crippen molar-refractivity contribution in [3.8, 4) is 0 Å². The van der Waals surface area contributed by atoms with Gasteiger partial charge in [-0.05, 0) is 18.6 Å². The molecule has 2 saturated heterocycles. The minimum Gasteiger partial charge on any atom is -0.394 e. The van der Waals surface area contributed by atoms with Gasteiger partial charge in [-0.25, -0.2) is 4.57 Å². The Kier molecular flexibility index (Phi) is 15.3. The first-order valence-electron chi connectivity index (χ1n) is 14.4. The van der Waals surface area contributed by atoms with Crippen molar-refractivity contribution in [1.29, 1.82) is 0 Å². The summed E-state index contributed by atoms with van der Waals surface area (Å²) in [6, 6.07) is 0. The van der Waals surface area contributed by atoms with E-state index in [4.69, 9.17) is 28.0 Å². The van der Waals surface area contributed by atoms with Crippen LogP contribution in [0.15, 0.2) is 0 Å². The Bertz CT molecular complexity index is 883. The van der Waals surface area contributed by atoms with Gasteiger partial charge in [0.2, 0.25) is 0 Å². The molecule has 0 aromatic rings. The zero-order valence-corrected chi connectivity index (χ0v) is 25.8. The smallest absolute Gasteiger partial charge is 0.394 e. The maximum Gasteiger partial charge on any atom is 0.472 e. The van der Waals surface area contributed by atoms with Crippen LogP contribution in [0, 0.1) is 0 Å². The molecule has 266 valence electrons. The molecule has 3 fully saturated rings. The summed E-state index contributed by atoms with van der Waals surface area (Å²) in [5.41, 5.74) is 0. The lowest BCUT2D eigenvalue weighted by molar-refractivity contribution is -0.360. The number of phosphoric ester groups is 1. The second kappa shape index (κ2) is 17.5. The monoisotopic (exact) mass is 700 g/mol. The molecule has 0 amide bonds. The Balaban J connectivity index is 1.92. The number of aliphatic hydroxyl groups is 11. The summed E-state index contributed by atoms with van der Waals surface area (Å²) in [5.74, 6) is 0.645. The van der Waals surface area contributed by atoms with E-state index in [0.717, 1.165) is 12.8 Å². The van der Waals surface area contributed by atoms with Gasteiger partial charge in [0, 0.05) is 0 Å². The Morgan fingerprint density at radius 3 is 1.42 bits per heavy atom. The molecule has 0 aromatic carbocycles. The maximum absolute atomic E-state index is 13.0. The fourth-order valence-electron chi connectivity index (χ4n) is 5.20. The van der Waals surface area contributed by atoms with Crippen LogP contribution in [0.3, 0.4) is 0 Å². The highest BCUT2D eigenvalue weighted by atomic mass is 32.1. The average molecular weight is 701 g/mol. The lowest BCUT2D eigenvalue weighted by Crippen LogP contribution is -2.69. The summed E-state index contributed by atoms with van der Waals surface area (Å²) in [6.45, 7) is -2.01. The highest BCUT2D eigenvalue weighted by Gasteiger charge is 2.58. The molecule has 0 aromatic heterocycles. The topological polar surface area (TPSA) is 315 Å². The molecule has 2 aliphatic heterocycles. The van der Waals surface area contributed by atoms with E-state index in [1.165, 1.54) is 0 Å². The van der Waals surface area contributed by atoms with Gasteiger partial charge in [0.1, 0.15) is 85.5 Å². The minimum absolute atomic E-state index is 0.280. The van der Waals surface area contributed by atoms with Gasteiger partial charge in [-0.1, -0.05) is 12.8 Å². The van der Waals surface area contributed by atoms with E-state index in [9.17, 15) is 65.6 Å². The summed E-state index contributed by atoms with van der Waals surface area (Å²) >= 11 is 4.10. The van der Waals surface area contributed by atoms with E-state index < -0.39 is 119 Å². The van der Waals surface area contributed by atoms with Crippen LogP contribution in [-0.2, 0) is 32.6 Å². The molecular weight excluding hydrogens is 655 g/mol. The first kappa shape index (κ1) is 39.3. The summed E-state index contributed by atoms with van der Waals surface area (Å²) in [6.07, 6.45) is -28.9. The number of unbranched alkanes of at least 4 members (excludes halogenated alkanes) is 3. The van der Waals surface area contributed by atoms with Gasteiger partial charge in [-0.15, -0.1) is 0 Å². The van der Waals surface area contributed by atoms with Gasteiger partial charge < -0.3 is 80.0 Å². The van der Waals surface area contributed by atoms with E-state index in [2.05, 4.69) is 12.6 Å². The number of phosphoric acid groups is 1. The molecule has 1 saturated carbocycles. The lowest BCUT2D eigenvalue weighted by Gasteiger charge is -2.49. The van der Waals surface area contributed by atoms with Crippen LogP contribution < -0.4 is 0 Å². The Labute approximate surface area is 263 Å². The molecule has 45 heavy (non-hydrogen) atoms. The molecule has 0 radical (unpaired) electrons. The van der Waals surface area contributed by atoms with Gasteiger partial charge in [0.25, 0.3) is 0 Å². The quantitative estimate of drug-likeness (QED) is 0.0430. The molecule has 0 bridgehead atoms. The van der Waals surface area contributed by atoms with Crippen LogP contribution in [0.4, 0.5) is 0 Å². The molecule has 12 N–H and O–H groups in total. The third-order valence-corrected chi connectivity index (χ3v) is 9.20. The fourth-order valence-corrected chi connectivity index (χ4v) is 6.39. The molecule has 17 atom stereocenters. The van der Waals surface area contributed by atoms with Crippen molar-refractivity contribution in [3.63, 3.8) is 0 Å². The van der Waals surface area contributed by atoms with Gasteiger partial charge in [-0.2, -0.15) is 12.6 Å². The molecular formula is C24H45O19PS. The zero-order chi connectivity index (χ0) is 33.6. The van der Waals surface area contributed by atoms with Crippen LogP contribution in [0.1, 0.15) is 25.7 Å². The molecule has 3 rings (SSSR count). The van der Waals surface area contributed by atoms with Crippen molar-refractivity contribution in [2.24, 2.45) is 0 Å². The number of aliphatic hydroxyl groups excluding tert-OH is 11. The van der Waals surface area contributed by atoms with E-state index in [0.29, 0.717) is 18.6 Å². The predicted molar refractivity (Wildman–Crippen MR) is 148 cm³/mol. The second-order valence-corrected chi connectivity index (χ2v) is 12.9. The SMILES string of the molecule is O=P(O)(OCCCCCCS)OC1[C@H](O[C@H]2O[C@H](CO)[C@@H](O)[C@H](O)[C@@H]2O)[C@H](O)C(O)[C@H](O)[C@H]1O[C@H]1O[C@H](CO)[C@@H](O)[C@H](O)[C@@H]1O. The fraction of sp³-hybridized carbons (Fsp3) is 1.00. The van der Waals surface area contributed by atoms with Gasteiger partial charge in [-0.3, -0.25) is 9.05 Å². The third-order valence-electron chi connectivity index (χ3n) is 7.86. The first-order chi connectivity index (χ1) is 21.2. The first-order valence-corrected chi connectivity index (χ1v) is 16.5. The third kappa shape index (κ3) is 9.52. The molecule has 2 heterocycles. The normalized spacial score (nSPS) is 45.7. The van der Waals surface area contributed by atoms with Crippen LogP contribution in [0.25, 0.3) is 0 Å². The summed E-state index contributed by atoms with van der Waals surface area (Å²) in [4.78, 5) is 10.6. The standard InChI is InChI=1S/C24H45O19PS/c25-7-9-11(27)13(29)18(34)23(39-9)41-20-16(32)15(31)17(33)21(42-24-19(35)14(30)12(28)10(8-26)40-24)22(20)43-44(36,37)38-5-3-1-2-4-6-45/h9-35,45H,1-8H2,(H,36,37)/t9-,10-,11-,12-,13+,14+,15?,16-,17+,18+,19+,20-,21-,22?,23-,24-/m1/s1. The number of rotatable bonds is 15. The number of hydrogen-bond acceptors (Lipinski definition) is 19. The van der Waals surface area contributed by atoms with Gasteiger partial charge in [0.05, 0.1) is 19.8 Å². The van der Waals surface area contributed by atoms with Crippen LogP contribution >= 0.6 is 20.5 Å². The summed E-state index contributed by atoms with van der Waals surface area (Å²) in [7, 11) is -5.13. The number of ether oxygens (including phenoxy) is 4. The van der Waals surface area contributed by atoms with Crippen LogP contribution in [0.2, 0.25) is 0 Å². The van der Waals surface area contributed by atoms with Gasteiger partial charge >= 0.3 is 7.82 Å². The number of hydrogen-bond donors (Lipinski definition) is 13. The van der Waals surface area contributed by atoms with Crippen molar-refractivity contribution in [1.82, 2.24) is 0 Å². The second-order valence-electron chi connectivity index (χ2n) is 11.1. The van der Waals surface area contributed by atoms with Crippen molar-refractivity contribution < 1.29 is 93.6 Å². The molecule has 0 spiro atoms. The van der Waals surface area contributed by atoms with Crippen molar-refractivity contribution in [2.45, 2.75) is 124 Å². The number of thiol groups is 1. The Hall–Kier alpha value is -0.140. The van der Waals surface area contributed by atoms with Crippen molar-refractivity contribution in [2.75, 3.05) is 25.6 Å². The molecule has 3 unspecified atom stereocenters. The molecule has 21 heteroatoms. The summed E-state index contributed by atoms with van der Waals surface area (Å²) < 4.78 is 45.1. The molecule has 3 aliphatic rings. The largest absolute Gasteiger partial charge is 0.472 e. The zero-order valence-electron chi connectivity index (χ0n) is 24.0. The lowest BCUT2D eigenvalue weighted by atomic mass is 9.84. The van der Waals surface area contributed by atoms with E-state index >= 15 is 0 Å². The summed E-state index contributed by atoms with van der Waals surface area (Å²) in [5, 5.41) is 113. The van der Waals surface area contributed by atoms with Crippen molar-refractivity contribution in [3.05, 3.63) is 0 Å². The van der Waals surface area contributed by atoms with Crippen molar-refractivity contribution >= 4 is 20.5 Å². The van der Waals surface area contributed by atoms with E-state index in [-0.39, 0.29) is 6.61 Å². The van der Waals surface area contributed by atoms with Gasteiger partial charge in [0.15, 0.2) is 12.6 Å². The Morgan fingerprint density at radius 2 is 1.00 bits per heavy atom. The average Bonchev–Trinajstić information content (AvgIpc) is 3.01. The minimum atomic E-state index is -5.13. The molecule has 1 aliphatic carbocycles. The van der Waals surface area contributed by atoms with Crippen LogP contribution in [-0.4, -0.2) is 185 Å².